The number of aliphatic carboxylic acids is 1. The van der Waals surface area contributed by atoms with Crippen LogP contribution in [-0.4, -0.2) is 17.0 Å². The van der Waals surface area contributed by atoms with Crippen molar-refractivity contribution in [3.8, 4) is 0 Å². The van der Waals surface area contributed by atoms with E-state index >= 15 is 0 Å². The SMILES string of the molecule is Cc1ccc(Cl)c(NC(=O)c2ccc(/C=C/C(=O)O)s2)c1. The van der Waals surface area contributed by atoms with Gasteiger partial charge in [-0.25, -0.2) is 4.79 Å². The third-order valence-corrected chi connectivity index (χ3v) is 3.99. The summed E-state index contributed by atoms with van der Waals surface area (Å²) in [4.78, 5) is 23.8. The number of carbonyl (C=O) groups is 2. The third kappa shape index (κ3) is 4.18. The number of aryl methyl sites for hydroxylation is 1. The lowest BCUT2D eigenvalue weighted by Crippen LogP contribution is -2.10. The molecule has 0 aliphatic carbocycles. The third-order valence-electron chi connectivity index (χ3n) is 2.61. The minimum absolute atomic E-state index is 0.275. The molecule has 1 heterocycles. The molecule has 0 atom stereocenters. The van der Waals surface area contributed by atoms with Gasteiger partial charge in [0.05, 0.1) is 15.6 Å². The fourth-order valence-electron chi connectivity index (χ4n) is 1.64. The lowest BCUT2D eigenvalue weighted by molar-refractivity contribution is -0.131. The van der Waals surface area contributed by atoms with Gasteiger partial charge in [0.1, 0.15) is 0 Å². The fourth-order valence-corrected chi connectivity index (χ4v) is 2.61. The Morgan fingerprint density at radius 1 is 1.29 bits per heavy atom. The Kier molecular flexibility index (Phi) is 4.77. The van der Waals surface area contributed by atoms with E-state index < -0.39 is 5.97 Å². The second-order valence-electron chi connectivity index (χ2n) is 4.31. The van der Waals surface area contributed by atoms with Gasteiger partial charge in [0.2, 0.25) is 0 Å². The van der Waals surface area contributed by atoms with Crippen LogP contribution in [0.25, 0.3) is 6.08 Å². The molecule has 0 saturated heterocycles. The highest BCUT2D eigenvalue weighted by Crippen LogP contribution is 2.25. The Balaban J connectivity index is 2.14. The first kappa shape index (κ1) is 15.3. The minimum Gasteiger partial charge on any atom is -0.478 e. The number of hydrogen-bond donors (Lipinski definition) is 2. The van der Waals surface area contributed by atoms with Crippen molar-refractivity contribution in [1.82, 2.24) is 0 Å². The predicted octanol–water partition coefficient (Wildman–Crippen LogP) is 4.06. The van der Waals surface area contributed by atoms with E-state index in [1.165, 1.54) is 17.4 Å². The van der Waals surface area contributed by atoms with Gasteiger partial charge >= 0.3 is 5.97 Å². The summed E-state index contributed by atoms with van der Waals surface area (Å²) in [5, 5.41) is 11.8. The molecule has 108 valence electrons. The molecule has 6 heteroatoms. The van der Waals surface area contributed by atoms with Gasteiger partial charge in [0.15, 0.2) is 0 Å². The number of amides is 1. The highest BCUT2D eigenvalue weighted by atomic mass is 35.5. The van der Waals surface area contributed by atoms with Gasteiger partial charge in [0.25, 0.3) is 5.91 Å². The molecule has 0 fully saturated rings. The predicted molar refractivity (Wildman–Crippen MR) is 85.1 cm³/mol. The summed E-state index contributed by atoms with van der Waals surface area (Å²) < 4.78 is 0. The van der Waals surface area contributed by atoms with Crippen molar-refractivity contribution in [3.63, 3.8) is 0 Å². The molecule has 1 aromatic carbocycles. The highest BCUT2D eigenvalue weighted by molar-refractivity contribution is 7.15. The van der Waals surface area contributed by atoms with Crippen molar-refractivity contribution in [2.24, 2.45) is 0 Å². The summed E-state index contributed by atoms with van der Waals surface area (Å²) in [6.07, 6.45) is 2.48. The lowest BCUT2D eigenvalue weighted by atomic mass is 10.2. The molecular formula is C15H12ClNO3S. The first-order valence-corrected chi connectivity index (χ1v) is 7.23. The molecule has 2 aromatic rings. The minimum atomic E-state index is -1.03. The summed E-state index contributed by atoms with van der Waals surface area (Å²) in [7, 11) is 0. The van der Waals surface area contributed by atoms with Crippen LogP contribution in [0.4, 0.5) is 5.69 Å². The first-order chi connectivity index (χ1) is 9.95. The molecule has 0 saturated carbocycles. The van der Waals surface area contributed by atoms with Crippen LogP contribution < -0.4 is 5.32 Å². The summed E-state index contributed by atoms with van der Waals surface area (Å²) >= 11 is 7.24. The van der Waals surface area contributed by atoms with Crippen LogP contribution in [-0.2, 0) is 4.79 Å². The fraction of sp³-hybridized carbons (Fsp3) is 0.0667. The van der Waals surface area contributed by atoms with Crippen LogP contribution in [0.15, 0.2) is 36.4 Å². The van der Waals surface area contributed by atoms with Gasteiger partial charge < -0.3 is 10.4 Å². The van der Waals surface area contributed by atoms with Crippen molar-refractivity contribution in [2.75, 3.05) is 5.32 Å². The zero-order chi connectivity index (χ0) is 15.4. The number of carbonyl (C=O) groups excluding carboxylic acids is 1. The summed E-state index contributed by atoms with van der Waals surface area (Å²) in [5.41, 5.74) is 1.55. The Bertz CT molecular complexity index is 721. The normalized spacial score (nSPS) is 10.8. The van der Waals surface area contributed by atoms with Gasteiger partial charge in [-0.3, -0.25) is 4.79 Å². The zero-order valence-corrected chi connectivity index (χ0v) is 12.7. The van der Waals surface area contributed by atoms with Gasteiger partial charge in [-0.1, -0.05) is 17.7 Å². The summed E-state index contributed by atoms with van der Waals surface area (Å²) in [6, 6.07) is 8.71. The Hall–Kier alpha value is -2.11. The maximum Gasteiger partial charge on any atom is 0.328 e. The van der Waals surface area contributed by atoms with E-state index in [0.29, 0.717) is 20.5 Å². The van der Waals surface area contributed by atoms with E-state index in [9.17, 15) is 9.59 Å². The number of carboxylic acids is 1. The van der Waals surface area contributed by atoms with Crippen molar-refractivity contribution in [3.05, 3.63) is 56.7 Å². The average molecular weight is 322 g/mol. The van der Waals surface area contributed by atoms with E-state index in [2.05, 4.69) is 5.32 Å². The average Bonchev–Trinajstić information content (AvgIpc) is 2.89. The molecule has 0 bridgehead atoms. The molecule has 2 N–H and O–H groups in total. The molecule has 4 nitrogen and oxygen atoms in total. The molecular weight excluding hydrogens is 310 g/mol. The van der Waals surface area contributed by atoms with Gasteiger partial charge in [-0.15, -0.1) is 11.3 Å². The van der Waals surface area contributed by atoms with E-state index in [4.69, 9.17) is 16.7 Å². The van der Waals surface area contributed by atoms with Gasteiger partial charge in [-0.2, -0.15) is 0 Å². The molecule has 0 aliphatic rings. The van der Waals surface area contributed by atoms with Crippen LogP contribution in [0.2, 0.25) is 5.02 Å². The van der Waals surface area contributed by atoms with E-state index in [1.54, 1.807) is 24.3 Å². The quantitative estimate of drug-likeness (QED) is 0.834. The largest absolute Gasteiger partial charge is 0.478 e. The van der Waals surface area contributed by atoms with Crippen molar-refractivity contribution >= 4 is 46.6 Å². The van der Waals surface area contributed by atoms with Crippen molar-refractivity contribution < 1.29 is 14.7 Å². The number of carboxylic acid groups (broad SMARTS) is 1. The Labute approximate surface area is 130 Å². The van der Waals surface area contributed by atoms with Crippen molar-refractivity contribution in [1.29, 1.82) is 0 Å². The van der Waals surface area contributed by atoms with E-state index in [0.717, 1.165) is 11.6 Å². The number of anilines is 1. The number of rotatable bonds is 4. The number of halogens is 1. The smallest absolute Gasteiger partial charge is 0.328 e. The summed E-state index contributed by atoms with van der Waals surface area (Å²) in [6.45, 7) is 1.91. The Morgan fingerprint density at radius 3 is 2.76 bits per heavy atom. The molecule has 0 spiro atoms. The number of nitrogens with one attached hydrogen (secondary N) is 1. The maximum atomic E-state index is 12.1. The molecule has 1 aromatic heterocycles. The molecule has 2 rings (SSSR count). The van der Waals surface area contributed by atoms with E-state index in [-0.39, 0.29) is 5.91 Å². The topological polar surface area (TPSA) is 66.4 Å². The standard InChI is InChI=1S/C15H12ClNO3S/c1-9-2-5-11(16)12(8-9)17-15(20)13-6-3-10(21-13)4-7-14(18)19/h2-8H,1H3,(H,17,20)(H,18,19)/b7-4+. The monoisotopic (exact) mass is 321 g/mol. The number of hydrogen-bond acceptors (Lipinski definition) is 3. The van der Waals surface area contributed by atoms with Crippen LogP contribution in [0.5, 0.6) is 0 Å². The molecule has 0 unspecified atom stereocenters. The zero-order valence-electron chi connectivity index (χ0n) is 11.1. The second-order valence-corrected chi connectivity index (χ2v) is 5.83. The highest BCUT2D eigenvalue weighted by Gasteiger charge is 2.11. The molecule has 21 heavy (non-hydrogen) atoms. The van der Waals surface area contributed by atoms with Gasteiger partial charge in [-0.05, 0) is 42.8 Å². The molecule has 1 amide bonds. The maximum absolute atomic E-state index is 12.1. The second kappa shape index (κ2) is 6.56. The molecule has 0 radical (unpaired) electrons. The van der Waals surface area contributed by atoms with Crippen LogP contribution in [0, 0.1) is 6.92 Å². The van der Waals surface area contributed by atoms with Crippen molar-refractivity contribution in [2.45, 2.75) is 6.92 Å². The van der Waals surface area contributed by atoms with Crippen LogP contribution in [0.3, 0.4) is 0 Å². The Morgan fingerprint density at radius 2 is 2.05 bits per heavy atom. The first-order valence-electron chi connectivity index (χ1n) is 6.04. The van der Waals surface area contributed by atoms with Crippen LogP contribution in [0.1, 0.15) is 20.1 Å². The van der Waals surface area contributed by atoms with Crippen LogP contribution >= 0.6 is 22.9 Å². The summed E-state index contributed by atoms with van der Waals surface area (Å²) in [5.74, 6) is -1.30. The van der Waals surface area contributed by atoms with E-state index in [1.807, 2.05) is 13.0 Å². The number of benzene rings is 1. The lowest BCUT2D eigenvalue weighted by Gasteiger charge is -2.06. The number of thiophene rings is 1. The van der Waals surface area contributed by atoms with Gasteiger partial charge in [0, 0.05) is 11.0 Å². The molecule has 0 aliphatic heterocycles.